The van der Waals surface area contributed by atoms with Gasteiger partial charge in [-0.2, -0.15) is 0 Å². The van der Waals surface area contributed by atoms with E-state index in [4.69, 9.17) is 0 Å². The molecule has 0 aliphatic rings. The molecule has 3 rings (SSSR count). The number of rotatable bonds is 7. The summed E-state index contributed by atoms with van der Waals surface area (Å²) in [4.78, 5) is 60.5. The fraction of sp³-hybridized carbons (Fsp3) is 0.263. The summed E-state index contributed by atoms with van der Waals surface area (Å²) in [6.45, 7) is 1.72. The van der Waals surface area contributed by atoms with Crippen molar-refractivity contribution in [3.05, 3.63) is 55.9 Å². The number of carbonyl (C=O) groups excluding carboxylic acids is 3. The predicted molar refractivity (Wildman–Crippen MR) is 119 cm³/mol. The third kappa shape index (κ3) is 5.83. The molecule has 0 aliphatic carbocycles. The molecule has 3 aromatic heterocycles. The van der Waals surface area contributed by atoms with Crippen molar-refractivity contribution in [2.24, 2.45) is 0 Å². The first-order chi connectivity index (χ1) is 14.7. The Balaban J connectivity index is 1.52. The smallest absolute Gasteiger partial charge is 0.265 e. The van der Waals surface area contributed by atoms with Gasteiger partial charge in [-0.05, 0) is 19.4 Å². The van der Waals surface area contributed by atoms with Gasteiger partial charge in [0.1, 0.15) is 4.88 Å². The zero-order valence-corrected chi connectivity index (χ0v) is 18.6. The van der Waals surface area contributed by atoms with Crippen molar-refractivity contribution in [3.8, 4) is 0 Å². The Hall–Kier alpha value is -3.38. The molecule has 0 radical (unpaired) electrons. The number of hydrogen-bond acceptors (Lipinski definition) is 8. The maximum absolute atomic E-state index is 12.2. The van der Waals surface area contributed by atoms with Crippen molar-refractivity contribution >= 4 is 50.7 Å². The molecule has 3 aromatic rings. The molecule has 0 saturated heterocycles. The van der Waals surface area contributed by atoms with E-state index >= 15 is 0 Å². The molecular formula is C19H20N6O4S2. The van der Waals surface area contributed by atoms with Gasteiger partial charge in [0.15, 0.2) is 10.3 Å². The van der Waals surface area contributed by atoms with Gasteiger partial charge < -0.3 is 15.2 Å². The fourth-order valence-corrected chi connectivity index (χ4v) is 4.22. The highest BCUT2D eigenvalue weighted by atomic mass is 32.1. The van der Waals surface area contributed by atoms with Crippen molar-refractivity contribution in [1.29, 1.82) is 0 Å². The SMILES string of the molecule is Cc1nc(NC(=O)CCc2csc(NC(=O)c3ccc(=O)[nH]c3)n2)sc1C(=O)N(C)C. The van der Waals surface area contributed by atoms with E-state index in [-0.39, 0.29) is 23.8 Å². The number of amides is 3. The Kier molecular flexibility index (Phi) is 6.92. The summed E-state index contributed by atoms with van der Waals surface area (Å²) in [5.41, 5.74) is 1.25. The number of pyridine rings is 1. The summed E-state index contributed by atoms with van der Waals surface area (Å²) in [6, 6.07) is 2.69. The third-order valence-electron chi connectivity index (χ3n) is 4.07. The second-order valence-electron chi connectivity index (χ2n) is 6.72. The summed E-state index contributed by atoms with van der Waals surface area (Å²) in [5, 5.41) is 7.90. The van der Waals surface area contributed by atoms with Crippen LogP contribution in [-0.2, 0) is 11.2 Å². The highest BCUT2D eigenvalue weighted by molar-refractivity contribution is 7.17. The van der Waals surface area contributed by atoms with Gasteiger partial charge in [-0.25, -0.2) is 9.97 Å². The monoisotopic (exact) mass is 460 g/mol. The second kappa shape index (κ2) is 9.62. The van der Waals surface area contributed by atoms with Gasteiger partial charge >= 0.3 is 0 Å². The van der Waals surface area contributed by atoms with Gasteiger partial charge in [0, 0.05) is 38.2 Å². The number of thiazole rings is 2. The molecule has 0 atom stereocenters. The Morgan fingerprint density at radius 1 is 1.13 bits per heavy atom. The molecule has 10 nitrogen and oxygen atoms in total. The highest BCUT2D eigenvalue weighted by Gasteiger charge is 2.18. The molecule has 0 aromatic carbocycles. The standard InChI is InChI=1S/C19H20N6O4S2/c1-10-15(17(29)25(2)3)31-19(21-10)23-14(27)7-5-12-9-30-18(22-12)24-16(28)11-4-6-13(26)20-8-11/h4,6,8-9H,5,7H2,1-3H3,(H,20,26)(H,21,23,27)(H,22,24,28). The first-order valence-electron chi connectivity index (χ1n) is 9.16. The van der Waals surface area contributed by atoms with E-state index in [0.29, 0.717) is 38.5 Å². The van der Waals surface area contributed by atoms with Crippen LogP contribution in [0.4, 0.5) is 10.3 Å². The molecular weight excluding hydrogens is 440 g/mol. The number of H-pyrrole nitrogens is 1. The van der Waals surface area contributed by atoms with Crippen LogP contribution in [0.3, 0.4) is 0 Å². The number of aryl methyl sites for hydroxylation is 2. The van der Waals surface area contributed by atoms with E-state index in [0.717, 1.165) is 11.3 Å². The molecule has 0 fully saturated rings. The number of aromatic amines is 1. The Morgan fingerprint density at radius 2 is 1.90 bits per heavy atom. The lowest BCUT2D eigenvalue weighted by Crippen LogP contribution is -2.21. The fourth-order valence-electron chi connectivity index (χ4n) is 2.48. The zero-order chi connectivity index (χ0) is 22.5. The Morgan fingerprint density at radius 3 is 2.58 bits per heavy atom. The molecule has 0 aliphatic heterocycles. The van der Waals surface area contributed by atoms with Crippen molar-refractivity contribution in [2.75, 3.05) is 24.7 Å². The molecule has 12 heteroatoms. The predicted octanol–water partition coefficient (Wildman–Crippen LogP) is 2.12. The lowest BCUT2D eigenvalue weighted by Gasteiger charge is -2.07. The Bertz CT molecular complexity index is 1160. The van der Waals surface area contributed by atoms with Gasteiger partial charge in [0.25, 0.3) is 11.8 Å². The van der Waals surface area contributed by atoms with E-state index in [1.54, 1.807) is 26.4 Å². The van der Waals surface area contributed by atoms with Crippen LogP contribution >= 0.6 is 22.7 Å². The van der Waals surface area contributed by atoms with E-state index in [1.165, 1.54) is 34.6 Å². The average molecular weight is 461 g/mol. The van der Waals surface area contributed by atoms with Gasteiger partial charge in [0.05, 0.1) is 17.0 Å². The Labute approximate surface area is 185 Å². The van der Waals surface area contributed by atoms with Crippen LogP contribution in [0.15, 0.2) is 28.5 Å². The summed E-state index contributed by atoms with van der Waals surface area (Å²) in [5.74, 6) is -0.795. The first-order valence-corrected chi connectivity index (χ1v) is 10.9. The van der Waals surface area contributed by atoms with E-state index < -0.39 is 5.91 Å². The number of anilines is 2. The van der Waals surface area contributed by atoms with E-state index in [2.05, 4.69) is 25.6 Å². The van der Waals surface area contributed by atoms with Crippen LogP contribution in [0.2, 0.25) is 0 Å². The van der Waals surface area contributed by atoms with Crippen LogP contribution in [0.5, 0.6) is 0 Å². The third-order valence-corrected chi connectivity index (χ3v) is 5.94. The number of carbonyl (C=O) groups is 3. The zero-order valence-electron chi connectivity index (χ0n) is 17.0. The second-order valence-corrected chi connectivity index (χ2v) is 8.58. The highest BCUT2D eigenvalue weighted by Crippen LogP contribution is 2.24. The number of nitrogens with zero attached hydrogens (tertiary/aromatic N) is 3. The van der Waals surface area contributed by atoms with Crippen LogP contribution in [-0.4, -0.2) is 51.7 Å². The lowest BCUT2D eigenvalue weighted by molar-refractivity contribution is -0.116. The molecule has 3 heterocycles. The molecule has 3 N–H and O–H groups in total. The minimum absolute atomic E-state index is 0.158. The lowest BCUT2D eigenvalue weighted by atomic mass is 10.2. The number of hydrogen-bond donors (Lipinski definition) is 3. The van der Waals surface area contributed by atoms with Gasteiger partial charge in [-0.15, -0.1) is 11.3 Å². The van der Waals surface area contributed by atoms with Crippen LogP contribution in [0.25, 0.3) is 0 Å². The molecule has 162 valence electrons. The van der Waals surface area contributed by atoms with Crippen molar-refractivity contribution in [3.63, 3.8) is 0 Å². The van der Waals surface area contributed by atoms with Gasteiger partial charge in [-0.3, -0.25) is 24.5 Å². The normalized spacial score (nSPS) is 10.5. The first kappa shape index (κ1) is 22.3. The van der Waals surface area contributed by atoms with Crippen molar-refractivity contribution in [2.45, 2.75) is 19.8 Å². The van der Waals surface area contributed by atoms with Crippen LogP contribution in [0.1, 0.15) is 37.8 Å². The maximum atomic E-state index is 12.2. The minimum atomic E-state index is -0.392. The summed E-state index contributed by atoms with van der Waals surface area (Å²) in [6.07, 6.45) is 1.88. The number of nitrogens with one attached hydrogen (secondary N) is 3. The van der Waals surface area contributed by atoms with Crippen molar-refractivity contribution in [1.82, 2.24) is 19.9 Å². The van der Waals surface area contributed by atoms with Gasteiger partial charge in [0.2, 0.25) is 11.5 Å². The maximum Gasteiger partial charge on any atom is 0.265 e. The van der Waals surface area contributed by atoms with E-state index in [1.807, 2.05) is 0 Å². The molecule has 0 spiro atoms. The van der Waals surface area contributed by atoms with E-state index in [9.17, 15) is 19.2 Å². The minimum Gasteiger partial charge on any atom is -0.344 e. The van der Waals surface area contributed by atoms with Crippen LogP contribution < -0.4 is 16.2 Å². The molecule has 0 bridgehead atoms. The summed E-state index contributed by atoms with van der Waals surface area (Å²) in [7, 11) is 3.32. The average Bonchev–Trinajstić information content (AvgIpc) is 3.32. The molecule has 0 saturated carbocycles. The topological polar surface area (TPSA) is 137 Å². The number of aromatic nitrogens is 3. The largest absolute Gasteiger partial charge is 0.344 e. The molecule has 31 heavy (non-hydrogen) atoms. The van der Waals surface area contributed by atoms with Gasteiger partial charge in [-0.1, -0.05) is 11.3 Å². The summed E-state index contributed by atoms with van der Waals surface area (Å²) >= 11 is 2.38. The quantitative estimate of drug-likeness (QED) is 0.494. The summed E-state index contributed by atoms with van der Waals surface area (Å²) < 4.78 is 0. The molecule has 0 unspecified atom stereocenters. The van der Waals surface area contributed by atoms with Crippen LogP contribution in [0, 0.1) is 6.92 Å². The van der Waals surface area contributed by atoms with Crippen molar-refractivity contribution < 1.29 is 14.4 Å². The molecule has 3 amide bonds.